The van der Waals surface area contributed by atoms with Crippen LogP contribution in [-0.2, 0) is 0 Å². The predicted molar refractivity (Wildman–Crippen MR) is 81.0 cm³/mol. The van der Waals surface area contributed by atoms with E-state index < -0.39 is 0 Å². The smallest absolute Gasteiger partial charge is 0.0145 e. The second kappa shape index (κ2) is 8.16. The van der Waals surface area contributed by atoms with Crippen LogP contribution in [0, 0.1) is 11.8 Å². The third kappa shape index (κ3) is 4.89. The van der Waals surface area contributed by atoms with Crippen LogP contribution in [0.5, 0.6) is 0 Å². The summed E-state index contributed by atoms with van der Waals surface area (Å²) < 4.78 is 0. The lowest BCUT2D eigenvalue weighted by molar-refractivity contribution is 0.0191. The number of hydrogen-bond acceptors (Lipinski definition) is 2. The Labute approximate surface area is 115 Å². The lowest BCUT2D eigenvalue weighted by atomic mass is 9.87. The molecule has 2 heteroatoms. The Kier molecular flexibility index (Phi) is 7.25. The predicted octanol–water partition coefficient (Wildman–Crippen LogP) is 3.47. The minimum absolute atomic E-state index is 0.813. The van der Waals surface area contributed by atoms with Gasteiger partial charge in [-0.25, -0.2) is 0 Å². The van der Waals surface area contributed by atoms with Crippen LogP contribution >= 0.6 is 0 Å². The third-order valence-electron chi connectivity index (χ3n) is 4.17. The van der Waals surface area contributed by atoms with Gasteiger partial charge in [0.05, 0.1) is 0 Å². The number of hydrogen-bond donors (Lipinski definition) is 0. The molecule has 0 radical (unpaired) electrons. The molecule has 0 aromatic rings. The summed E-state index contributed by atoms with van der Waals surface area (Å²) in [5, 5.41) is 0. The molecule has 1 fully saturated rings. The quantitative estimate of drug-likeness (QED) is 0.621. The van der Waals surface area contributed by atoms with E-state index in [2.05, 4.69) is 44.5 Å². The van der Waals surface area contributed by atoms with Gasteiger partial charge in [-0.2, -0.15) is 0 Å². The summed E-state index contributed by atoms with van der Waals surface area (Å²) in [4.78, 5) is 5.26. The van der Waals surface area contributed by atoms with E-state index in [1.807, 2.05) is 0 Å². The zero-order chi connectivity index (χ0) is 13.5. The highest BCUT2D eigenvalue weighted by Crippen LogP contribution is 2.26. The molecule has 0 aromatic heterocycles. The van der Waals surface area contributed by atoms with Gasteiger partial charge in [-0.05, 0) is 38.3 Å². The average molecular weight is 254 g/mol. The largest absolute Gasteiger partial charge is 0.303 e. The highest BCUT2D eigenvalue weighted by molar-refractivity contribution is 4.89. The van der Waals surface area contributed by atoms with Crippen LogP contribution in [0.3, 0.4) is 0 Å². The second-order valence-electron chi connectivity index (χ2n) is 6.56. The van der Waals surface area contributed by atoms with E-state index in [1.165, 1.54) is 51.9 Å². The van der Waals surface area contributed by atoms with E-state index in [0.717, 1.165) is 17.9 Å². The fourth-order valence-electron chi connectivity index (χ4n) is 3.20. The molecule has 1 atom stereocenters. The van der Waals surface area contributed by atoms with Gasteiger partial charge < -0.3 is 9.80 Å². The highest BCUT2D eigenvalue weighted by atomic mass is 15.2. The SMILES string of the molecule is CCCCN(C)C(CCC)C1CN(CC(C)C)C1. The van der Waals surface area contributed by atoms with Crippen molar-refractivity contribution in [2.45, 2.75) is 59.4 Å². The maximum Gasteiger partial charge on any atom is 0.0145 e. The monoisotopic (exact) mass is 254 g/mol. The summed E-state index contributed by atoms with van der Waals surface area (Å²) in [6, 6.07) is 0.824. The van der Waals surface area contributed by atoms with E-state index in [4.69, 9.17) is 0 Å². The van der Waals surface area contributed by atoms with E-state index >= 15 is 0 Å². The maximum atomic E-state index is 2.63. The Hall–Kier alpha value is -0.0800. The van der Waals surface area contributed by atoms with E-state index in [0.29, 0.717) is 0 Å². The first-order chi connectivity index (χ1) is 8.58. The Morgan fingerprint density at radius 3 is 2.33 bits per heavy atom. The molecule has 0 saturated carbocycles. The Morgan fingerprint density at radius 2 is 1.83 bits per heavy atom. The van der Waals surface area contributed by atoms with Crippen molar-refractivity contribution in [1.29, 1.82) is 0 Å². The van der Waals surface area contributed by atoms with Crippen LogP contribution < -0.4 is 0 Å². The topological polar surface area (TPSA) is 6.48 Å². The molecule has 1 unspecified atom stereocenters. The standard InChI is InChI=1S/C16H34N2/c1-6-8-10-17(5)16(9-7-2)15-12-18(13-15)11-14(3)4/h14-16H,6-13H2,1-5H3. The zero-order valence-electron chi connectivity index (χ0n) is 13.3. The first-order valence-corrected chi connectivity index (χ1v) is 8.01. The van der Waals surface area contributed by atoms with Crippen LogP contribution in [0.2, 0.25) is 0 Å². The number of nitrogens with zero attached hydrogens (tertiary/aromatic N) is 2. The minimum atomic E-state index is 0.813. The number of unbranched alkanes of at least 4 members (excludes halogenated alkanes) is 1. The van der Waals surface area contributed by atoms with Gasteiger partial charge in [-0.15, -0.1) is 0 Å². The van der Waals surface area contributed by atoms with Gasteiger partial charge >= 0.3 is 0 Å². The molecule has 1 saturated heterocycles. The molecule has 0 spiro atoms. The molecule has 0 bridgehead atoms. The number of rotatable bonds is 9. The van der Waals surface area contributed by atoms with Crippen molar-refractivity contribution < 1.29 is 0 Å². The van der Waals surface area contributed by atoms with E-state index in [9.17, 15) is 0 Å². The van der Waals surface area contributed by atoms with E-state index in [-0.39, 0.29) is 0 Å². The molecule has 0 amide bonds. The summed E-state index contributed by atoms with van der Waals surface area (Å²) in [7, 11) is 2.33. The summed E-state index contributed by atoms with van der Waals surface area (Å²) in [5.41, 5.74) is 0. The molecule has 18 heavy (non-hydrogen) atoms. The fraction of sp³-hybridized carbons (Fsp3) is 1.00. The summed E-state index contributed by atoms with van der Waals surface area (Å²) in [5.74, 6) is 1.74. The number of likely N-dealkylation sites (tertiary alicyclic amines) is 1. The minimum Gasteiger partial charge on any atom is -0.303 e. The fourth-order valence-corrected chi connectivity index (χ4v) is 3.20. The van der Waals surface area contributed by atoms with Gasteiger partial charge in [0.25, 0.3) is 0 Å². The van der Waals surface area contributed by atoms with Crippen molar-refractivity contribution in [2.24, 2.45) is 11.8 Å². The molecule has 108 valence electrons. The lowest BCUT2D eigenvalue weighted by Crippen LogP contribution is -2.56. The molecule has 0 aliphatic carbocycles. The Balaban J connectivity index is 2.34. The molecule has 0 aromatic carbocycles. The molecule has 2 nitrogen and oxygen atoms in total. The third-order valence-corrected chi connectivity index (χ3v) is 4.17. The zero-order valence-corrected chi connectivity index (χ0v) is 13.3. The second-order valence-corrected chi connectivity index (χ2v) is 6.56. The van der Waals surface area contributed by atoms with Crippen molar-refractivity contribution in [1.82, 2.24) is 9.80 Å². The van der Waals surface area contributed by atoms with Crippen LogP contribution in [0.4, 0.5) is 0 Å². The molecule has 0 N–H and O–H groups in total. The summed E-state index contributed by atoms with van der Waals surface area (Å²) in [6.45, 7) is 14.5. The van der Waals surface area contributed by atoms with Crippen LogP contribution in [0.25, 0.3) is 0 Å². The van der Waals surface area contributed by atoms with Gasteiger partial charge in [0.1, 0.15) is 0 Å². The van der Waals surface area contributed by atoms with Gasteiger partial charge in [0.15, 0.2) is 0 Å². The maximum absolute atomic E-state index is 2.63. The molecule has 1 rings (SSSR count). The average Bonchev–Trinajstić information content (AvgIpc) is 2.27. The van der Waals surface area contributed by atoms with Crippen molar-refractivity contribution in [2.75, 3.05) is 33.2 Å². The van der Waals surface area contributed by atoms with Gasteiger partial charge in [-0.3, -0.25) is 0 Å². The first kappa shape index (κ1) is 16.0. The van der Waals surface area contributed by atoms with Gasteiger partial charge in [0.2, 0.25) is 0 Å². The Morgan fingerprint density at radius 1 is 1.17 bits per heavy atom. The summed E-state index contributed by atoms with van der Waals surface area (Å²) >= 11 is 0. The molecular formula is C16H34N2. The van der Waals surface area contributed by atoms with E-state index in [1.54, 1.807) is 0 Å². The molecule has 1 heterocycles. The molecular weight excluding hydrogens is 220 g/mol. The van der Waals surface area contributed by atoms with Gasteiger partial charge in [0, 0.05) is 25.7 Å². The van der Waals surface area contributed by atoms with Crippen LogP contribution in [-0.4, -0.2) is 49.1 Å². The summed E-state index contributed by atoms with van der Waals surface area (Å²) in [6.07, 6.45) is 5.36. The van der Waals surface area contributed by atoms with Crippen molar-refractivity contribution >= 4 is 0 Å². The lowest BCUT2D eigenvalue weighted by Gasteiger charge is -2.47. The normalized spacial score (nSPS) is 19.5. The van der Waals surface area contributed by atoms with Crippen LogP contribution in [0.15, 0.2) is 0 Å². The van der Waals surface area contributed by atoms with Crippen LogP contribution in [0.1, 0.15) is 53.4 Å². The van der Waals surface area contributed by atoms with Crippen molar-refractivity contribution in [3.63, 3.8) is 0 Å². The van der Waals surface area contributed by atoms with Gasteiger partial charge in [-0.1, -0.05) is 40.5 Å². The van der Waals surface area contributed by atoms with Crippen molar-refractivity contribution in [3.05, 3.63) is 0 Å². The Bertz CT molecular complexity index is 209. The first-order valence-electron chi connectivity index (χ1n) is 8.01. The molecule has 1 aliphatic rings. The van der Waals surface area contributed by atoms with Crippen molar-refractivity contribution in [3.8, 4) is 0 Å². The molecule has 1 aliphatic heterocycles. The highest BCUT2D eigenvalue weighted by Gasteiger charge is 2.34.